The van der Waals surface area contributed by atoms with E-state index in [-0.39, 0.29) is 6.42 Å². The molecular formula is C11H14BrNO3. The van der Waals surface area contributed by atoms with Crippen LogP contribution in [0, 0.1) is 0 Å². The van der Waals surface area contributed by atoms with Crippen molar-refractivity contribution in [2.75, 3.05) is 6.61 Å². The molecule has 0 spiro atoms. The molecule has 1 unspecified atom stereocenters. The van der Waals surface area contributed by atoms with E-state index in [0.717, 1.165) is 4.47 Å². The number of aromatic nitrogens is 1. The molecule has 0 amide bonds. The summed E-state index contributed by atoms with van der Waals surface area (Å²) in [5.74, 6) is -0.433. The normalized spacial score (nSPS) is 14.2. The van der Waals surface area contributed by atoms with Gasteiger partial charge in [-0.05, 0) is 41.9 Å². The van der Waals surface area contributed by atoms with E-state index in [1.165, 1.54) is 0 Å². The third kappa shape index (κ3) is 3.57. The van der Waals surface area contributed by atoms with E-state index in [1.807, 2.05) is 0 Å². The quantitative estimate of drug-likeness (QED) is 0.861. The molecule has 1 rings (SSSR count). The largest absolute Gasteiger partial charge is 0.466 e. The summed E-state index contributed by atoms with van der Waals surface area (Å²) in [5, 5.41) is 10.1. The SMILES string of the molecule is CCOC(=O)CC(C)(O)c1ccc(Br)cn1. The fraction of sp³-hybridized carbons (Fsp3) is 0.455. The molecule has 0 bridgehead atoms. The number of carbonyl (C=O) groups excluding carboxylic acids is 1. The Morgan fingerprint density at radius 2 is 2.31 bits per heavy atom. The second kappa shape index (κ2) is 5.41. The Labute approximate surface area is 103 Å². The molecule has 0 saturated heterocycles. The van der Waals surface area contributed by atoms with Gasteiger partial charge in [-0.25, -0.2) is 0 Å². The van der Waals surface area contributed by atoms with Gasteiger partial charge in [0.2, 0.25) is 0 Å². The minimum atomic E-state index is -1.30. The molecule has 1 atom stereocenters. The van der Waals surface area contributed by atoms with Gasteiger partial charge < -0.3 is 9.84 Å². The molecule has 16 heavy (non-hydrogen) atoms. The molecule has 1 N–H and O–H groups in total. The van der Waals surface area contributed by atoms with Crippen LogP contribution in [0.25, 0.3) is 0 Å². The molecule has 88 valence electrons. The lowest BCUT2D eigenvalue weighted by Gasteiger charge is -2.21. The van der Waals surface area contributed by atoms with Crippen molar-refractivity contribution in [3.63, 3.8) is 0 Å². The first-order chi connectivity index (χ1) is 7.45. The van der Waals surface area contributed by atoms with Gasteiger partial charge in [-0.3, -0.25) is 9.78 Å². The highest BCUT2D eigenvalue weighted by molar-refractivity contribution is 9.10. The number of hydrogen-bond acceptors (Lipinski definition) is 4. The molecular weight excluding hydrogens is 274 g/mol. The number of halogens is 1. The van der Waals surface area contributed by atoms with E-state index in [1.54, 1.807) is 32.2 Å². The predicted octanol–water partition coefficient (Wildman–Crippen LogP) is 2.00. The minimum absolute atomic E-state index is 0.102. The van der Waals surface area contributed by atoms with Crippen LogP contribution in [0.5, 0.6) is 0 Å². The van der Waals surface area contributed by atoms with Crippen molar-refractivity contribution in [3.8, 4) is 0 Å². The third-order valence-electron chi connectivity index (χ3n) is 2.07. The number of esters is 1. The van der Waals surface area contributed by atoms with Gasteiger partial charge in [0.05, 0.1) is 18.7 Å². The summed E-state index contributed by atoms with van der Waals surface area (Å²) in [6, 6.07) is 3.44. The molecule has 1 heterocycles. The Morgan fingerprint density at radius 1 is 1.62 bits per heavy atom. The topological polar surface area (TPSA) is 59.4 Å². The second-order valence-electron chi connectivity index (χ2n) is 3.62. The standard InChI is InChI=1S/C11H14BrNO3/c1-3-16-10(14)6-11(2,15)9-5-4-8(12)7-13-9/h4-5,7,15H,3,6H2,1-2H3. The first-order valence-corrected chi connectivity index (χ1v) is 5.75. The number of pyridine rings is 1. The molecule has 0 aliphatic rings. The van der Waals surface area contributed by atoms with E-state index in [0.29, 0.717) is 12.3 Å². The Kier molecular flexibility index (Phi) is 4.44. The van der Waals surface area contributed by atoms with E-state index >= 15 is 0 Å². The summed E-state index contributed by atoms with van der Waals surface area (Å²) < 4.78 is 5.61. The van der Waals surface area contributed by atoms with Crippen LogP contribution in [-0.4, -0.2) is 22.7 Å². The lowest BCUT2D eigenvalue weighted by Crippen LogP contribution is -2.27. The number of nitrogens with zero attached hydrogens (tertiary/aromatic N) is 1. The number of hydrogen-bond donors (Lipinski definition) is 1. The van der Waals surface area contributed by atoms with Gasteiger partial charge in [0.15, 0.2) is 0 Å². The zero-order valence-corrected chi connectivity index (χ0v) is 10.8. The summed E-state index contributed by atoms with van der Waals surface area (Å²) >= 11 is 3.25. The van der Waals surface area contributed by atoms with Crippen LogP contribution in [-0.2, 0) is 15.1 Å². The van der Waals surface area contributed by atoms with Crippen LogP contribution in [0.2, 0.25) is 0 Å². The zero-order chi connectivity index (χ0) is 12.2. The fourth-order valence-electron chi connectivity index (χ4n) is 1.28. The van der Waals surface area contributed by atoms with Crippen LogP contribution in [0.1, 0.15) is 26.0 Å². The summed E-state index contributed by atoms with van der Waals surface area (Å²) in [6.45, 7) is 3.58. The number of rotatable bonds is 4. The van der Waals surface area contributed by atoms with Gasteiger partial charge in [-0.1, -0.05) is 0 Å². The average molecular weight is 288 g/mol. The van der Waals surface area contributed by atoms with Crippen molar-refractivity contribution in [3.05, 3.63) is 28.5 Å². The number of aliphatic hydroxyl groups is 1. The van der Waals surface area contributed by atoms with E-state index < -0.39 is 11.6 Å². The Hall–Kier alpha value is -0.940. The molecule has 1 aromatic rings. The van der Waals surface area contributed by atoms with E-state index in [2.05, 4.69) is 20.9 Å². The van der Waals surface area contributed by atoms with E-state index in [9.17, 15) is 9.90 Å². The van der Waals surface area contributed by atoms with Gasteiger partial charge in [0.25, 0.3) is 0 Å². The van der Waals surface area contributed by atoms with Crippen molar-refractivity contribution >= 4 is 21.9 Å². The molecule has 0 saturated carbocycles. The highest BCUT2D eigenvalue weighted by Gasteiger charge is 2.28. The third-order valence-corrected chi connectivity index (χ3v) is 2.54. The van der Waals surface area contributed by atoms with Crippen LogP contribution in [0.4, 0.5) is 0 Å². The van der Waals surface area contributed by atoms with Gasteiger partial charge >= 0.3 is 5.97 Å². The first kappa shape index (κ1) is 13.1. The highest BCUT2D eigenvalue weighted by atomic mass is 79.9. The van der Waals surface area contributed by atoms with Crippen molar-refractivity contribution in [1.29, 1.82) is 0 Å². The van der Waals surface area contributed by atoms with Crippen molar-refractivity contribution < 1.29 is 14.6 Å². The van der Waals surface area contributed by atoms with Gasteiger partial charge in [-0.15, -0.1) is 0 Å². The summed E-state index contributed by atoms with van der Waals surface area (Å²) in [5.41, 5.74) is -0.851. The Morgan fingerprint density at radius 3 is 2.81 bits per heavy atom. The maximum Gasteiger partial charge on any atom is 0.309 e. The van der Waals surface area contributed by atoms with Crippen molar-refractivity contribution in [2.24, 2.45) is 0 Å². The van der Waals surface area contributed by atoms with Crippen LogP contribution < -0.4 is 0 Å². The Balaban J connectivity index is 2.76. The number of ether oxygens (including phenoxy) is 1. The fourth-order valence-corrected chi connectivity index (χ4v) is 1.51. The molecule has 0 aromatic carbocycles. The second-order valence-corrected chi connectivity index (χ2v) is 4.53. The summed E-state index contributed by atoms with van der Waals surface area (Å²) in [7, 11) is 0. The van der Waals surface area contributed by atoms with Crippen LogP contribution in [0.3, 0.4) is 0 Å². The summed E-state index contributed by atoms with van der Waals surface area (Å²) in [4.78, 5) is 15.3. The van der Waals surface area contributed by atoms with Crippen LogP contribution >= 0.6 is 15.9 Å². The number of carbonyl (C=O) groups is 1. The lowest BCUT2D eigenvalue weighted by atomic mass is 9.98. The molecule has 5 heteroatoms. The highest BCUT2D eigenvalue weighted by Crippen LogP contribution is 2.23. The minimum Gasteiger partial charge on any atom is -0.466 e. The van der Waals surface area contributed by atoms with Crippen molar-refractivity contribution in [2.45, 2.75) is 25.9 Å². The maximum atomic E-state index is 11.3. The predicted molar refractivity (Wildman–Crippen MR) is 62.8 cm³/mol. The first-order valence-electron chi connectivity index (χ1n) is 4.95. The molecule has 1 aromatic heterocycles. The Bertz CT molecular complexity index is 362. The smallest absolute Gasteiger partial charge is 0.309 e. The molecule has 0 aliphatic carbocycles. The molecule has 0 fully saturated rings. The molecule has 4 nitrogen and oxygen atoms in total. The average Bonchev–Trinajstić information content (AvgIpc) is 2.17. The zero-order valence-electron chi connectivity index (χ0n) is 9.24. The monoisotopic (exact) mass is 287 g/mol. The molecule has 0 radical (unpaired) electrons. The van der Waals surface area contributed by atoms with Gasteiger partial charge in [0.1, 0.15) is 5.60 Å². The van der Waals surface area contributed by atoms with E-state index in [4.69, 9.17) is 4.74 Å². The van der Waals surface area contributed by atoms with Gasteiger partial charge in [-0.2, -0.15) is 0 Å². The molecule has 0 aliphatic heterocycles. The lowest BCUT2D eigenvalue weighted by molar-refractivity contribution is -0.148. The van der Waals surface area contributed by atoms with Gasteiger partial charge in [0, 0.05) is 10.7 Å². The van der Waals surface area contributed by atoms with Crippen LogP contribution in [0.15, 0.2) is 22.8 Å². The maximum absolute atomic E-state index is 11.3. The summed E-state index contributed by atoms with van der Waals surface area (Å²) in [6.07, 6.45) is 1.48. The van der Waals surface area contributed by atoms with Crippen molar-refractivity contribution in [1.82, 2.24) is 4.98 Å².